The first-order valence-electron chi connectivity index (χ1n) is 9.48. The van der Waals surface area contributed by atoms with E-state index in [0.29, 0.717) is 25.0 Å². The van der Waals surface area contributed by atoms with E-state index in [9.17, 15) is 19.8 Å². The maximum Gasteiger partial charge on any atom is 0.305 e. The number of hydrogen-bond acceptors (Lipinski definition) is 6. The minimum atomic E-state index is -0.834. The van der Waals surface area contributed by atoms with Crippen LogP contribution in [0.2, 0.25) is 0 Å². The second-order valence-corrected chi connectivity index (χ2v) is 6.82. The normalized spacial score (nSPS) is 23.4. The number of esters is 1. The van der Waals surface area contributed by atoms with Gasteiger partial charge in [0.2, 0.25) is 0 Å². The number of rotatable bonds is 10. The molecular weight excluding hydrogens is 360 g/mol. The average Bonchev–Trinajstić information content (AvgIpc) is 2.97. The fourth-order valence-corrected chi connectivity index (χ4v) is 3.20. The molecule has 152 valence electrons. The van der Waals surface area contributed by atoms with Gasteiger partial charge < -0.3 is 19.7 Å². The molecule has 4 atom stereocenters. The monoisotopic (exact) mass is 388 g/mol. The summed E-state index contributed by atoms with van der Waals surface area (Å²) in [6, 6.07) is 9.19. The van der Waals surface area contributed by atoms with E-state index in [4.69, 9.17) is 4.74 Å². The third kappa shape index (κ3) is 6.94. The predicted octanol–water partition coefficient (Wildman–Crippen LogP) is 2.45. The highest BCUT2D eigenvalue weighted by Gasteiger charge is 2.39. The Hall–Kier alpha value is -2.44. The van der Waals surface area contributed by atoms with Crippen LogP contribution in [0.5, 0.6) is 5.75 Å². The van der Waals surface area contributed by atoms with Crippen LogP contribution in [-0.4, -0.2) is 47.9 Å². The molecule has 0 spiro atoms. The van der Waals surface area contributed by atoms with Gasteiger partial charge in [0.1, 0.15) is 24.2 Å². The number of aliphatic hydroxyl groups is 2. The van der Waals surface area contributed by atoms with Gasteiger partial charge in [-0.25, -0.2) is 0 Å². The highest BCUT2D eigenvalue weighted by Crippen LogP contribution is 2.33. The van der Waals surface area contributed by atoms with E-state index in [1.165, 1.54) is 7.11 Å². The summed E-state index contributed by atoms with van der Waals surface area (Å²) in [5.41, 5.74) is 0. The van der Waals surface area contributed by atoms with Crippen molar-refractivity contribution in [2.45, 2.75) is 37.9 Å². The molecule has 0 aromatic heterocycles. The Bertz CT molecular complexity index is 682. The molecule has 0 bridgehead atoms. The lowest BCUT2D eigenvalue weighted by molar-refractivity contribution is -0.140. The Labute approximate surface area is 165 Å². The smallest absolute Gasteiger partial charge is 0.305 e. The van der Waals surface area contributed by atoms with Crippen molar-refractivity contribution in [1.29, 1.82) is 0 Å². The number of carbonyl (C=O) groups is 2. The van der Waals surface area contributed by atoms with Gasteiger partial charge in [0.25, 0.3) is 0 Å². The van der Waals surface area contributed by atoms with Crippen LogP contribution in [0.1, 0.15) is 25.7 Å². The molecule has 1 aromatic carbocycles. The Kier molecular flexibility index (Phi) is 8.91. The maximum absolute atomic E-state index is 12.2. The van der Waals surface area contributed by atoms with Crippen LogP contribution in [0.25, 0.3) is 0 Å². The molecule has 4 unspecified atom stereocenters. The number of methoxy groups -OCH3 is 1. The fourth-order valence-electron chi connectivity index (χ4n) is 3.20. The van der Waals surface area contributed by atoms with Gasteiger partial charge in [0.15, 0.2) is 0 Å². The van der Waals surface area contributed by atoms with Gasteiger partial charge in [-0.2, -0.15) is 0 Å². The Morgan fingerprint density at radius 2 is 2.04 bits per heavy atom. The lowest BCUT2D eigenvalue weighted by Crippen LogP contribution is -2.20. The van der Waals surface area contributed by atoms with Crippen LogP contribution in [0.4, 0.5) is 0 Å². The molecule has 0 radical (unpaired) electrons. The lowest BCUT2D eigenvalue weighted by Gasteiger charge is -2.17. The number of carbonyl (C=O) groups excluding carboxylic acids is 2. The van der Waals surface area contributed by atoms with Crippen molar-refractivity contribution in [3.05, 3.63) is 54.6 Å². The quantitative estimate of drug-likeness (QED) is 0.472. The van der Waals surface area contributed by atoms with E-state index in [2.05, 4.69) is 4.74 Å². The molecule has 1 fully saturated rings. The molecule has 6 nitrogen and oxygen atoms in total. The van der Waals surface area contributed by atoms with Crippen molar-refractivity contribution in [3.63, 3.8) is 0 Å². The topological polar surface area (TPSA) is 93.1 Å². The zero-order chi connectivity index (χ0) is 20.4. The maximum atomic E-state index is 12.2. The molecule has 2 rings (SSSR count). The zero-order valence-corrected chi connectivity index (χ0v) is 16.1. The summed E-state index contributed by atoms with van der Waals surface area (Å²) < 4.78 is 10.1. The Morgan fingerprint density at radius 1 is 1.29 bits per heavy atom. The molecule has 1 saturated carbocycles. The third-order valence-corrected chi connectivity index (χ3v) is 4.75. The molecule has 1 aliphatic carbocycles. The summed E-state index contributed by atoms with van der Waals surface area (Å²) in [4.78, 5) is 23.3. The Balaban J connectivity index is 1.84. The summed E-state index contributed by atoms with van der Waals surface area (Å²) in [6.45, 7) is 0.0926. The van der Waals surface area contributed by atoms with E-state index >= 15 is 0 Å². The van der Waals surface area contributed by atoms with Crippen LogP contribution in [0, 0.1) is 11.8 Å². The summed E-state index contributed by atoms with van der Waals surface area (Å²) >= 11 is 0. The van der Waals surface area contributed by atoms with Crippen LogP contribution in [-0.2, 0) is 14.3 Å². The minimum Gasteiger partial charge on any atom is -0.491 e. The number of ketones is 1. The van der Waals surface area contributed by atoms with Crippen LogP contribution < -0.4 is 4.74 Å². The molecule has 0 heterocycles. The second-order valence-electron chi connectivity index (χ2n) is 6.82. The number of aliphatic hydroxyl groups excluding tert-OH is 2. The minimum absolute atomic E-state index is 0.00907. The molecule has 1 aromatic rings. The van der Waals surface area contributed by atoms with Gasteiger partial charge in [0.05, 0.1) is 13.2 Å². The van der Waals surface area contributed by atoms with Crippen LogP contribution in [0.3, 0.4) is 0 Å². The molecule has 0 aliphatic heterocycles. The van der Waals surface area contributed by atoms with Crippen LogP contribution >= 0.6 is 0 Å². The fraction of sp³-hybridized carbons (Fsp3) is 0.455. The molecular formula is C22H28O6. The molecule has 0 saturated heterocycles. The van der Waals surface area contributed by atoms with Crippen molar-refractivity contribution < 1.29 is 29.3 Å². The molecule has 2 N–H and O–H groups in total. The number of ether oxygens (including phenoxy) is 2. The van der Waals surface area contributed by atoms with Crippen molar-refractivity contribution >= 4 is 11.8 Å². The van der Waals surface area contributed by atoms with Crippen molar-refractivity contribution in [1.82, 2.24) is 0 Å². The Morgan fingerprint density at radius 3 is 2.75 bits per heavy atom. The van der Waals surface area contributed by atoms with E-state index in [1.54, 1.807) is 24.3 Å². The SMILES string of the molecule is COC(=O)CC/C=C/CC1C(=O)CC(O)C1/C=C/C(O)COc1ccccc1. The predicted molar refractivity (Wildman–Crippen MR) is 105 cm³/mol. The summed E-state index contributed by atoms with van der Waals surface area (Å²) in [7, 11) is 1.35. The van der Waals surface area contributed by atoms with Crippen molar-refractivity contribution in [3.8, 4) is 5.75 Å². The zero-order valence-electron chi connectivity index (χ0n) is 16.1. The third-order valence-electron chi connectivity index (χ3n) is 4.75. The van der Waals surface area contributed by atoms with Crippen LogP contribution in [0.15, 0.2) is 54.6 Å². The van der Waals surface area contributed by atoms with E-state index in [0.717, 1.165) is 0 Å². The highest BCUT2D eigenvalue weighted by molar-refractivity contribution is 5.84. The van der Waals surface area contributed by atoms with Crippen molar-refractivity contribution in [2.24, 2.45) is 11.8 Å². The summed E-state index contributed by atoms with van der Waals surface area (Å²) in [5.74, 6) is -0.271. The van der Waals surface area contributed by atoms with Gasteiger partial charge in [-0.1, -0.05) is 42.5 Å². The van der Waals surface area contributed by atoms with E-state index in [1.807, 2.05) is 30.4 Å². The highest BCUT2D eigenvalue weighted by atomic mass is 16.5. The number of benzene rings is 1. The second kappa shape index (κ2) is 11.4. The lowest BCUT2D eigenvalue weighted by atomic mass is 9.90. The number of hydrogen-bond donors (Lipinski definition) is 2. The number of allylic oxidation sites excluding steroid dienone is 2. The average molecular weight is 388 g/mol. The molecule has 1 aliphatic rings. The van der Waals surface area contributed by atoms with Crippen molar-refractivity contribution in [2.75, 3.05) is 13.7 Å². The van der Waals surface area contributed by atoms with Gasteiger partial charge in [0, 0.05) is 24.7 Å². The van der Waals surface area contributed by atoms with Gasteiger partial charge in [-0.15, -0.1) is 0 Å². The van der Waals surface area contributed by atoms with Gasteiger partial charge in [-0.05, 0) is 25.0 Å². The van der Waals surface area contributed by atoms with E-state index in [-0.39, 0.29) is 36.6 Å². The molecule has 6 heteroatoms. The standard InChI is InChI=1S/C22H28O6/c1-27-22(26)11-7-3-6-10-18-19(21(25)14-20(18)24)13-12-16(23)15-28-17-8-4-2-5-9-17/h2-6,8-9,12-13,16,18-19,21,23,25H,7,10-11,14-15H2,1H3/b6-3+,13-12+. The number of para-hydroxylation sites is 1. The summed E-state index contributed by atoms with van der Waals surface area (Å²) in [5, 5.41) is 20.3. The molecule has 28 heavy (non-hydrogen) atoms. The van der Waals surface area contributed by atoms with E-state index < -0.39 is 12.2 Å². The van der Waals surface area contributed by atoms with Gasteiger partial charge >= 0.3 is 5.97 Å². The summed E-state index contributed by atoms with van der Waals surface area (Å²) in [6.07, 6.45) is 6.85. The first-order valence-corrected chi connectivity index (χ1v) is 9.48. The van der Waals surface area contributed by atoms with Gasteiger partial charge in [-0.3, -0.25) is 9.59 Å². The molecule has 0 amide bonds. The largest absolute Gasteiger partial charge is 0.491 e. The first-order chi connectivity index (χ1) is 13.5. The number of Topliss-reactive ketones (excluding diaryl/α,β-unsaturated/α-hetero) is 1. The first kappa shape index (κ1) is 21.9.